The van der Waals surface area contributed by atoms with Crippen molar-refractivity contribution in [3.63, 3.8) is 0 Å². The smallest absolute Gasteiger partial charge is 0.227 e. The first-order chi connectivity index (χ1) is 15.6. The van der Waals surface area contributed by atoms with Crippen LogP contribution in [0.5, 0.6) is 0 Å². The summed E-state index contributed by atoms with van der Waals surface area (Å²) in [6.45, 7) is 1.37. The van der Waals surface area contributed by atoms with Gasteiger partial charge >= 0.3 is 0 Å². The molecule has 3 aromatic carbocycles. The molecular weight excluding hydrogens is 445 g/mol. The summed E-state index contributed by atoms with van der Waals surface area (Å²) < 4.78 is 15.8. The van der Waals surface area contributed by atoms with Gasteiger partial charge in [0, 0.05) is 23.7 Å². The number of benzene rings is 3. The van der Waals surface area contributed by atoms with Crippen LogP contribution in [0.4, 0.5) is 10.3 Å². The van der Waals surface area contributed by atoms with E-state index < -0.39 is 5.82 Å². The highest BCUT2D eigenvalue weighted by molar-refractivity contribution is 7.80. The van der Waals surface area contributed by atoms with Crippen LogP contribution in [0.2, 0.25) is 5.02 Å². The molecule has 4 rings (SSSR count). The molecule has 4 aromatic rings. The molecule has 32 heavy (non-hydrogen) atoms. The summed E-state index contributed by atoms with van der Waals surface area (Å²) in [6, 6.07) is 24.8. The highest BCUT2D eigenvalue weighted by Gasteiger charge is 2.16. The summed E-state index contributed by atoms with van der Waals surface area (Å²) in [5.41, 5.74) is 2.61. The van der Waals surface area contributed by atoms with Crippen molar-refractivity contribution in [2.45, 2.75) is 19.6 Å². The van der Waals surface area contributed by atoms with E-state index in [-0.39, 0.29) is 6.54 Å². The average Bonchev–Trinajstić information content (AvgIpc) is 3.24. The molecule has 8 heteroatoms. The van der Waals surface area contributed by atoms with Crippen LogP contribution < -0.4 is 5.32 Å². The minimum atomic E-state index is -0.392. The van der Waals surface area contributed by atoms with E-state index in [1.165, 1.54) is 12.4 Å². The van der Waals surface area contributed by atoms with Gasteiger partial charge < -0.3 is 10.2 Å². The number of hydrogen-bond donors (Lipinski definition) is 1. The zero-order chi connectivity index (χ0) is 22.3. The van der Waals surface area contributed by atoms with Gasteiger partial charge in [0.2, 0.25) is 5.95 Å². The maximum Gasteiger partial charge on any atom is 0.227 e. The van der Waals surface area contributed by atoms with E-state index in [4.69, 9.17) is 23.8 Å². The normalized spacial score (nSPS) is 10.7. The SMILES string of the molecule is Fc1cccc(Cl)c1Cn1ncnc1NC(=S)N(Cc1ccccc1)Cc1ccccc1. The lowest BCUT2D eigenvalue weighted by molar-refractivity contribution is 0.412. The number of aromatic nitrogens is 3. The predicted octanol–water partition coefficient (Wildman–Crippen LogP) is 5.52. The molecule has 1 heterocycles. The van der Waals surface area contributed by atoms with Crippen molar-refractivity contribution in [3.05, 3.63) is 113 Å². The molecule has 0 amide bonds. The van der Waals surface area contributed by atoms with Crippen LogP contribution in [-0.2, 0) is 19.6 Å². The van der Waals surface area contributed by atoms with Gasteiger partial charge in [0.05, 0.1) is 6.54 Å². The Morgan fingerprint density at radius 3 is 2.16 bits per heavy atom. The summed E-state index contributed by atoms with van der Waals surface area (Å²) in [5, 5.41) is 8.21. The third kappa shape index (κ3) is 5.49. The molecule has 0 aliphatic heterocycles. The molecule has 0 atom stereocenters. The van der Waals surface area contributed by atoms with Crippen molar-refractivity contribution in [2.75, 3.05) is 5.32 Å². The molecule has 0 unspecified atom stereocenters. The Bertz CT molecular complexity index is 1120. The highest BCUT2D eigenvalue weighted by Crippen LogP contribution is 2.21. The number of rotatable bonds is 7. The zero-order valence-corrected chi connectivity index (χ0v) is 18.7. The van der Waals surface area contributed by atoms with Gasteiger partial charge in [-0.25, -0.2) is 9.07 Å². The number of anilines is 1. The topological polar surface area (TPSA) is 46.0 Å². The van der Waals surface area contributed by atoms with Crippen LogP contribution in [0.3, 0.4) is 0 Å². The maximum absolute atomic E-state index is 14.2. The molecule has 0 saturated heterocycles. The average molecular weight is 466 g/mol. The number of thiocarbonyl (C=S) groups is 1. The van der Waals surface area contributed by atoms with Gasteiger partial charge in [-0.1, -0.05) is 78.3 Å². The molecule has 0 aliphatic rings. The van der Waals surface area contributed by atoms with Crippen LogP contribution in [0.15, 0.2) is 85.2 Å². The molecule has 0 spiro atoms. The minimum absolute atomic E-state index is 0.133. The molecule has 0 radical (unpaired) electrons. The Morgan fingerprint density at radius 1 is 0.938 bits per heavy atom. The Labute approximate surface area is 196 Å². The summed E-state index contributed by atoms with van der Waals surface area (Å²) in [5.74, 6) is 0.0248. The van der Waals surface area contributed by atoms with Crippen molar-refractivity contribution in [1.29, 1.82) is 0 Å². The first-order valence-electron chi connectivity index (χ1n) is 10.0. The second kappa shape index (κ2) is 10.3. The standard InChI is InChI=1S/C24H21ClFN5S/c25-21-12-7-13-22(26)20(21)16-31-23(27-17-28-31)29-24(32)30(14-18-8-3-1-4-9-18)15-19-10-5-2-6-11-19/h1-13,17H,14-16H2,(H,27,28,29,32). The Morgan fingerprint density at radius 2 is 1.56 bits per heavy atom. The van der Waals surface area contributed by atoms with Crippen molar-refractivity contribution < 1.29 is 4.39 Å². The van der Waals surface area contributed by atoms with Crippen LogP contribution in [0, 0.1) is 5.82 Å². The Kier molecular flexibility index (Phi) is 7.09. The van der Waals surface area contributed by atoms with E-state index in [1.807, 2.05) is 36.4 Å². The molecule has 5 nitrogen and oxygen atoms in total. The van der Waals surface area contributed by atoms with E-state index in [1.54, 1.807) is 16.8 Å². The van der Waals surface area contributed by atoms with Gasteiger partial charge in [-0.2, -0.15) is 10.1 Å². The van der Waals surface area contributed by atoms with Crippen molar-refractivity contribution >= 4 is 34.9 Å². The highest BCUT2D eigenvalue weighted by atomic mass is 35.5. The fourth-order valence-corrected chi connectivity index (χ4v) is 3.73. The molecule has 1 aromatic heterocycles. The summed E-state index contributed by atoms with van der Waals surface area (Å²) >= 11 is 11.9. The van der Waals surface area contributed by atoms with E-state index in [0.29, 0.717) is 34.7 Å². The third-order valence-electron chi connectivity index (χ3n) is 4.92. The van der Waals surface area contributed by atoms with Crippen LogP contribution in [0.25, 0.3) is 0 Å². The van der Waals surface area contributed by atoms with E-state index >= 15 is 0 Å². The molecule has 1 N–H and O–H groups in total. The zero-order valence-electron chi connectivity index (χ0n) is 17.2. The van der Waals surface area contributed by atoms with E-state index in [0.717, 1.165) is 11.1 Å². The van der Waals surface area contributed by atoms with Gasteiger partial charge in [0.1, 0.15) is 12.1 Å². The number of hydrogen-bond acceptors (Lipinski definition) is 3. The summed E-state index contributed by atoms with van der Waals surface area (Å²) in [7, 11) is 0. The number of nitrogens with one attached hydrogen (secondary N) is 1. The van der Waals surface area contributed by atoms with Gasteiger partial charge in [-0.3, -0.25) is 0 Å². The quantitative estimate of drug-likeness (QED) is 0.364. The number of halogens is 2. The number of nitrogens with zero attached hydrogens (tertiary/aromatic N) is 4. The van der Waals surface area contributed by atoms with Crippen LogP contribution in [0.1, 0.15) is 16.7 Å². The van der Waals surface area contributed by atoms with Gasteiger partial charge in [-0.05, 0) is 35.5 Å². The maximum atomic E-state index is 14.2. The monoisotopic (exact) mass is 465 g/mol. The van der Waals surface area contributed by atoms with E-state index in [9.17, 15) is 4.39 Å². The van der Waals surface area contributed by atoms with Crippen LogP contribution >= 0.6 is 23.8 Å². The molecule has 0 bridgehead atoms. The second-order valence-electron chi connectivity index (χ2n) is 7.20. The van der Waals surface area contributed by atoms with Crippen molar-refractivity contribution in [3.8, 4) is 0 Å². The second-order valence-corrected chi connectivity index (χ2v) is 7.99. The fraction of sp³-hybridized carbons (Fsp3) is 0.125. The third-order valence-corrected chi connectivity index (χ3v) is 5.64. The van der Waals surface area contributed by atoms with Crippen molar-refractivity contribution in [2.24, 2.45) is 0 Å². The fourth-order valence-electron chi connectivity index (χ4n) is 3.29. The molecule has 0 saturated carbocycles. The lowest BCUT2D eigenvalue weighted by atomic mass is 10.2. The Hall–Kier alpha value is -3.29. The van der Waals surface area contributed by atoms with Crippen LogP contribution in [-0.4, -0.2) is 24.8 Å². The largest absolute Gasteiger partial charge is 0.340 e. The summed E-state index contributed by atoms with van der Waals surface area (Å²) in [4.78, 5) is 6.32. The molecule has 0 aliphatic carbocycles. The Balaban J connectivity index is 1.54. The van der Waals surface area contributed by atoms with Gasteiger partial charge in [0.25, 0.3) is 0 Å². The van der Waals surface area contributed by atoms with Crippen molar-refractivity contribution in [1.82, 2.24) is 19.7 Å². The summed E-state index contributed by atoms with van der Waals surface area (Å²) in [6.07, 6.45) is 1.40. The van der Waals surface area contributed by atoms with Gasteiger partial charge in [0.15, 0.2) is 5.11 Å². The minimum Gasteiger partial charge on any atom is -0.340 e. The molecule has 162 valence electrons. The lowest BCUT2D eigenvalue weighted by Crippen LogP contribution is -2.34. The van der Waals surface area contributed by atoms with Gasteiger partial charge in [-0.15, -0.1) is 0 Å². The molecule has 0 fully saturated rings. The predicted molar refractivity (Wildman–Crippen MR) is 129 cm³/mol. The lowest BCUT2D eigenvalue weighted by Gasteiger charge is -2.26. The molecular formula is C24H21ClFN5S. The first-order valence-corrected chi connectivity index (χ1v) is 10.8. The first kappa shape index (κ1) is 21.9. The van der Waals surface area contributed by atoms with E-state index in [2.05, 4.69) is 44.6 Å².